The van der Waals surface area contributed by atoms with Gasteiger partial charge in [0.1, 0.15) is 17.9 Å². The minimum atomic E-state index is -2.38. The number of nitrogens with zero attached hydrogens (tertiary/aromatic N) is 4. The summed E-state index contributed by atoms with van der Waals surface area (Å²) in [6, 6.07) is 0. The second-order valence-corrected chi connectivity index (χ2v) is 6.45. The Hall–Kier alpha value is -1.66. The quantitative estimate of drug-likeness (QED) is 0.469. The van der Waals surface area contributed by atoms with E-state index in [9.17, 15) is 20.1 Å². The molecule has 2 aromatic rings. The van der Waals surface area contributed by atoms with E-state index in [1.807, 2.05) is 0 Å². The zero-order valence-corrected chi connectivity index (χ0v) is 13.5. The number of nitrogen functional groups attached to an aromatic ring is 1. The number of halogens is 1. The molecule has 0 bridgehead atoms. The number of aromatic nitrogens is 4. The standard InChI is InChI=1S/C12H14BrN5O5/c1-5(20)11(21)10(23-6(2-19)12(11,13)22)18-4-17-7-8(14)15-3-16-9(7)18/h3-4,6,10,19,21-22H,2H2,1H3,(H2,14,15,16)/t6-,10-,11+,12-/m1/s1. The lowest BCUT2D eigenvalue weighted by molar-refractivity contribution is -0.158. The number of alkyl halides is 1. The summed E-state index contributed by atoms with van der Waals surface area (Å²) in [5.74, 6) is -0.646. The molecule has 3 rings (SSSR count). The highest BCUT2D eigenvalue weighted by molar-refractivity contribution is 9.10. The SMILES string of the molecule is CC(=O)[C@]1(O)[C@H](n2cnc3c(N)ncnc32)O[C@H](CO)[C@]1(O)Br. The van der Waals surface area contributed by atoms with E-state index < -0.39 is 34.8 Å². The second-order valence-electron chi connectivity index (χ2n) is 5.24. The summed E-state index contributed by atoms with van der Waals surface area (Å²) in [4.78, 5) is 23.9. The molecule has 1 saturated heterocycles. The predicted molar refractivity (Wildman–Crippen MR) is 80.2 cm³/mol. The molecule has 3 heterocycles. The van der Waals surface area contributed by atoms with E-state index in [0.29, 0.717) is 0 Å². The number of Topliss-reactive ketones (excluding diaryl/α,β-unsaturated/α-hetero) is 1. The van der Waals surface area contributed by atoms with Crippen LogP contribution in [0.5, 0.6) is 0 Å². The third-order valence-corrected chi connectivity index (χ3v) is 5.07. The van der Waals surface area contributed by atoms with Crippen LogP contribution in [0.4, 0.5) is 5.82 Å². The van der Waals surface area contributed by atoms with Crippen molar-refractivity contribution in [2.75, 3.05) is 12.3 Å². The van der Waals surface area contributed by atoms with E-state index in [1.165, 1.54) is 17.2 Å². The first-order valence-corrected chi connectivity index (χ1v) is 7.38. The van der Waals surface area contributed by atoms with Crippen LogP contribution in [0.1, 0.15) is 13.2 Å². The molecule has 5 N–H and O–H groups in total. The number of ketones is 1. The minimum absolute atomic E-state index is 0.117. The van der Waals surface area contributed by atoms with E-state index in [1.54, 1.807) is 0 Å². The largest absolute Gasteiger partial charge is 0.394 e. The van der Waals surface area contributed by atoms with Gasteiger partial charge in [0.2, 0.25) is 5.60 Å². The number of imidazole rings is 1. The van der Waals surface area contributed by atoms with Crippen molar-refractivity contribution in [2.45, 2.75) is 29.4 Å². The molecule has 11 heteroatoms. The van der Waals surface area contributed by atoms with Crippen LogP contribution in [0.15, 0.2) is 12.7 Å². The van der Waals surface area contributed by atoms with E-state index >= 15 is 0 Å². The molecule has 4 atom stereocenters. The van der Waals surface area contributed by atoms with Gasteiger partial charge in [0.15, 0.2) is 28.0 Å². The maximum atomic E-state index is 12.1. The van der Waals surface area contributed by atoms with Gasteiger partial charge in [-0.1, -0.05) is 0 Å². The number of aliphatic hydroxyl groups is 3. The maximum Gasteiger partial charge on any atom is 0.209 e. The fourth-order valence-corrected chi connectivity index (χ4v) is 3.38. The Morgan fingerprint density at radius 3 is 2.78 bits per heavy atom. The van der Waals surface area contributed by atoms with Crippen molar-refractivity contribution < 1.29 is 24.9 Å². The molecule has 1 aliphatic rings. The average molecular weight is 388 g/mol. The van der Waals surface area contributed by atoms with Crippen molar-refractivity contribution in [3.05, 3.63) is 12.7 Å². The number of fused-ring (bicyclic) bond motifs is 1. The molecule has 124 valence electrons. The molecular weight excluding hydrogens is 374 g/mol. The molecule has 1 aliphatic heterocycles. The Morgan fingerprint density at radius 1 is 1.48 bits per heavy atom. The van der Waals surface area contributed by atoms with Crippen LogP contribution in [-0.4, -0.2) is 63.4 Å². The normalized spacial score (nSPS) is 34.1. The maximum absolute atomic E-state index is 12.1. The Labute approximate surface area is 138 Å². The van der Waals surface area contributed by atoms with Gasteiger partial charge in [0, 0.05) is 0 Å². The summed E-state index contributed by atoms with van der Waals surface area (Å²) < 4.78 is 4.57. The van der Waals surface area contributed by atoms with Gasteiger partial charge in [-0.05, 0) is 22.9 Å². The van der Waals surface area contributed by atoms with Crippen LogP contribution in [0.25, 0.3) is 11.2 Å². The Bertz CT molecular complexity index is 780. The van der Waals surface area contributed by atoms with Crippen LogP contribution in [0, 0.1) is 0 Å². The number of ether oxygens (including phenoxy) is 1. The van der Waals surface area contributed by atoms with Gasteiger partial charge < -0.3 is 25.8 Å². The van der Waals surface area contributed by atoms with E-state index in [-0.39, 0.29) is 17.0 Å². The van der Waals surface area contributed by atoms with E-state index in [4.69, 9.17) is 10.5 Å². The van der Waals surface area contributed by atoms with E-state index in [0.717, 1.165) is 6.92 Å². The summed E-state index contributed by atoms with van der Waals surface area (Å²) in [6.07, 6.45) is -0.169. The monoisotopic (exact) mass is 387 g/mol. The third kappa shape index (κ3) is 2.01. The molecule has 2 aromatic heterocycles. The molecule has 0 unspecified atom stereocenters. The first-order chi connectivity index (χ1) is 10.7. The molecular formula is C12H14BrN5O5. The smallest absolute Gasteiger partial charge is 0.209 e. The molecule has 0 spiro atoms. The van der Waals surface area contributed by atoms with Gasteiger partial charge in [-0.3, -0.25) is 9.36 Å². The molecule has 0 amide bonds. The zero-order valence-electron chi connectivity index (χ0n) is 11.9. The number of nitrogens with two attached hydrogens (primary N) is 1. The fraction of sp³-hybridized carbons (Fsp3) is 0.500. The molecule has 1 fully saturated rings. The number of aliphatic hydroxyl groups excluding tert-OH is 1. The van der Waals surface area contributed by atoms with Crippen LogP contribution in [-0.2, 0) is 9.53 Å². The summed E-state index contributed by atoms with van der Waals surface area (Å²) >= 11 is 2.91. The van der Waals surface area contributed by atoms with Crippen molar-refractivity contribution in [3.63, 3.8) is 0 Å². The Morgan fingerprint density at radius 2 is 2.17 bits per heavy atom. The van der Waals surface area contributed by atoms with Crippen LogP contribution in [0.2, 0.25) is 0 Å². The predicted octanol–water partition coefficient (Wildman–Crippen LogP) is -1.30. The Kier molecular flexibility index (Phi) is 3.65. The van der Waals surface area contributed by atoms with Gasteiger partial charge in [0.25, 0.3) is 0 Å². The fourth-order valence-electron chi connectivity index (χ4n) is 2.66. The third-order valence-electron chi connectivity index (χ3n) is 3.95. The van der Waals surface area contributed by atoms with Crippen molar-refractivity contribution in [3.8, 4) is 0 Å². The number of anilines is 1. The number of hydrogen-bond acceptors (Lipinski definition) is 9. The number of carbonyl (C=O) groups is 1. The zero-order chi connectivity index (χ0) is 17.0. The lowest BCUT2D eigenvalue weighted by Gasteiger charge is -2.34. The van der Waals surface area contributed by atoms with Crippen molar-refractivity contribution in [1.29, 1.82) is 0 Å². The van der Waals surface area contributed by atoms with Crippen molar-refractivity contribution >= 4 is 38.7 Å². The van der Waals surface area contributed by atoms with E-state index in [2.05, 4.69) is 30.9 Å². The summed E-state index contributed by atoms with van der Waals surface area (Å²) in [7, 11) is 0. The summed E-state index contributed by atoms with van der Waals surface area (Å²) in [5.41, 5.74) is 3.79. The highest BCUT2D eigenvalue weighted by atomic mass is 79.9. The molecule has 0 radical (unpaired) electrons. The van der Waals surface area contributed by atoms with Crippen molar-refractivity contribution in [1.82, 2.24) is 19.5 Å². The summed E-state index contributed by atoms with van der Waals surface area (Å²) in [5, 5.41) is 30.7. The number of carbonyl (C=O) groups excluding carboxylic acids is 1. The first kappa shape index (κ1) is 16.2. The van der Waals surface area contributed by atoms with Gasteiger partial charge in [-0.25, -0.2) is 15.0 Å². The molecule has 0 saturated carbocycles. The Balaban J connectivity index is 2.21. The number of rotatable bonds is 3. The summed E-state index contributed by atoms with van der Waals surface area (Å²) in [6.45, 7) is 0.475. The van der Waals surface area contributed by atoms with Crippen molar-refractivity contribution in [2.24, 2.45) is 0 Å². The molecule has 10 nitrogen and oxygen atoms in total. The lowest BCUT2D eigenvalue weighted by atomic mass is 9.90. The molecule has 23 heavy (non-hydrogen) atoms. The van der Waals surface area contributed by atoms with Gasteiger partial charge in [-0.15, -0.1) is 0 Å². The highest BCUT2D eigenvalue weighted by Crippen LogP contribution is 2.50. The molecule has 0 aliphatic carbocycles. The second kappa shape index (κ2) is 5.18. The van der Waals surface area contributed by atoms with Crippen LogP contribution in [0.3, 0.4) is 0 Å². The highest BCUT2D eigenvalue weighted by Gasteiger charge is 2.68. The van der Waals surface area contributed by atoms with Crippen LogP contribution >= 0.6 is 15.9 Å². The van der Waals surface area contributed by atoms with Gasteiger partial charge in [-0.2, -0.15) is 0 Å². The van der Waals surface area contributed by atoms with Crippen LogP contribution < -0.4 is 5.73 Å². The average Bonchev–Trinajstić information content (AvgIpc) is 2.99. The van der Waals surface area contributed by atoms with Gasteiger partial charge >= 0.3 is 0 Å². The molecule has 0 aromatic carbocycles. The lowest BCUT2D eigenvalue weighted by Crippen LogP contribution is -2.58. The van der Waals surface area contributed by atoms with Gasteiger partial charge in [0.05, 0.1) is 12.9 Å². The number of hydrogen-bond donors (Lipinski definition) is 4. The minimum Gasteiger partial charge on any atom is -0.394 e. The topological polar surface area (TPSA) is 157 Å². The first-order valence-electron chi connectivity index (χ1n) is 6.59.